The zero-order valence-corrected chi connectivity index (χ0v) is 18.7. The highest BCUT2D eigenvalue weighted by Gasteiger charge is 2.44. The monoisotopic (exact) mass is 501 g/mol. The molecular weight excluding hydrogens is 485 g/mol. The van der Waals surface area contributed by atoms with Crippen LogP contribution in [0.25, 0.3) is 0 Å². The Morgan fingerprint density at radius 1 is 1.22 bits per heavy atom. The molecule has 4 rings (SSSR count). The molecular formula is C20H18Cl3N3O6. The average Bonchev–Trinajstić information content (AvgIpc) is 3.39. The van der Waals surface area contributed by atoms with Gasteiger partial charge in [-0.05, 0) is 24.3 Å². The van der Waals surface area contributed by atoms with Crippen molar-refractivity contribution in [2.75, 3.05) is 13.2 Å². The molecule has 0 aliphatic carbocycles. The van der Waals surface area contributed by atoms with Gasteiger partial charge in [0.05, 0.1) is 29.5 Å². The third-order valence-corrected chi connectivity index (χ3v) is 5.27. The first kappa shape index (κ1) is 24.1. The predicted octanol–water partition coefficient (Wildman–Crippen LogP) is 4.84. The molecule has 1 saturated heterocycles. The van der Waals surface area contributed by atoms with Crippen LogP contribution in [0.15, 0.2) is 61.2 Å². The number of ether oxygens (including phenoxy) is 3. The van der Waals surface area contributed by atoms with Gasteiger partial charge in [-0.25, -0.2) is 4.98 Å². The van der Waals surface area contributed by atoms with Gasteiger partial charge < -0.3 is 24.0 Å². The van der Waals surface area contributed by atoms with E-state index in [2.05, 4.69) is 4.98 Å². The van der Waals surface area contributed by atoms with Gasteiger partial charge >= 0.3 is 0 Å². The summed E-state index contributed by atoms with van der Waals surface area (Å²) < 4.78 is 20.2. The van der Waals surface area contributed by atoms with Gasteiger partial charge in [-0.3, -0.25) is 0 Å². The molecule has 0 bridgehead atoms. The van der Waals surface area contributed by atoms with Crippen LogP contribution in [-0.4, -0.2) is 39.2 Å². The highest BCUT2D eigenvalue weighted by atomic mass is 35.5. The lowest BCUT2D eigenvalue weighted by Crippen LogP contribution is -2.34. The molecule has 32 heavy (non-hydrogen) atoms. The molecule has 2 atom stereocenters. The fraction of sp³-hybridized carbons (Fsp3) is 0.250. The van der Waals surface area contributed by atoms with Crippen LogP contribution in [0.3, 0.4) is 0 Å². The molecule has 0 radical (unpaired) electrons. The maximum atomic E-state index is 8.36. The second-order valence-corrected chi connectivity index (χ2v) is 7.90. The number of halogens is 3. The van der Waals surface area contributed by atoms with Crippen molar-refractivity contribution >= 4 is 34.8 Å². The predicted molar refractivity (Wildman–Crippen MR) is 117 cm³/mol. The number of benzene rings is 2. The van der Waals surface area contributed by atoms with E-state index in [0.717, 1.165) is 5.56 Å². The van der Waals surface area contributed by atoms with Crippen molar-refractivity contribution in [2.45, 2.75) is 18.4 Å². The summed E-state index contributed by atoms with van der Waals surface area (Å²) in [7, 11) is 0. The summed E-state index contributed by atoms with van der Waals surface area (Å²) in [6.45, 7) is 1.06. The highest BCUT2D eigenvalue weighted by Crippen LogP contribution is 2.38. The fourth-order valence-corrected chi connectivity index (χ4v) is 3.73. The van der Waals surface area contributed by atoms with Gasteiger partial charge in [0.25, 0.3) is 5.09 Å². The number of nitrogens with zero attached hydrogens (tertiary/aromatic N) is 3. The summed E-state index contributed by atoms with van der Waals surface area (Å²) in [6.07, 6.45) is 4.99. The van der Waals surface area contributed by atoms with E-state index in [1.54, 1.807) is 30.7 Å². The van der Waals surface area contributed by atoms with Crippen LogP contribution >= 0.6 is 34.8 Å². The third kappa shape index (κ3) is 6.24. The minimum atomic E-state index is -1.50. The van der Waals surface area contributed by atoms with Gasteiger partial charge in [0.2, 0.25) is 5.79 Å². The number of aromatic nitrogens is 2. The van der Waals surface area contributed by atoms with E-state index in [0.29, 0.717) is 34.0 Å². The second kappa shape index (κ2) is 10.8. The largest absolute Gasteiger partial charge is 0.488 e. The lowest BCUT2D eigenvalue weighted by Gasteiger charge is -2.29. The molecule has 1 fully saturated rings. The average molecular weight is 503 g/mol. The van der Waals surface area contributed by atoms with Crippen LogP contribution in [0.1, 0.15) is 5.56 Å². The molecule has 1 aromatic heterocycles. The number of hydrogen-bond donors (Lipinski definition) is 1. The number of para-hydroxylation sites is 1. The van der Waals surface area contributed by atoms with Crippen LogP contribution < -0.4 is 4.74 Å². The van der Waals surface area contributed by atoms with Crippen molar-refractivity contribution in [2.24, 2.45) is 0 Å². The fourth-order valence-electron chi connectivity index (χ4n) is 3.09. The molecule has 2 heterocycles. The van der Waals surface area contributed by atoms with E-state index in [1.165, 1.54) is 0 Å². The Balaban J connectivity index is 0.000000668. The Morgan fingerprint density at radius 3 is 2.47 bits per heavy atom. The maximum absolute atomic E-state index is 8.36. The summed E-state index contributed by atoms with van der Waals surface area (Å²) in [6, 6.07) is 12.6. The van der Waals surface area contributed by atoms with E-state index in [1.807, 2.05) is 35.0 Å². The second-order valence-electron chi connectivity index (χ2n) is 6.65. The Bertz CT molecular complexity index is 1010. The molecule has 1 aliphatic rings. The van der Waals surface area contributed by atoms with Gasteiger partial charge in [-0.2, -0.15) is 0 Å². The van der Waals surface area contributed by atoms with Crippen LogP contribution in [0.5, 0.6) is 5.75 Å². The van der Waals surface area contributed by atoms with Crippen LogP contribution in [-0.2, 0) is 21.8 Å². The van der Waals surface area contributed by atoms with E-state index >= 15 is 0 Å². The van der Waals surface area contributed by atoms with Gasteiger partial charge in [0.1, 0.15) is 12.7 Å². The molecule has 2 unspecified atom stereocenters. The molecule has 12 heteroatoms. The van der Waals surface area contributed by atoms with Gasteiger partial charge in [-0.1, -0.05) is 53.0 Å². The summed E-state index contributed by atoms with van der Waals surface area (Å²) in [5, 5.41) is 15.2. The van der Waals surface area contributed by atoms with Crippen molar-refractivity contribution < 1.29 is 24.5 Å². The summed E-state index contributed by atoms with van der Waals surface area (Å²) >= 11 is 18.4. The highest BCUT2D eigenvalue weighted by molar-refractivity contribution is 6.37. The first-order valence-electron chi connectivity index (χ1n) is 9.23. The third-order valence-electron chi connectivity index (χ3n) is 4.43. The Hall–Kier alpha value is -2.56. The van der Waals surface area contributed by atoms with Crippen molar-refractivity contribution in [3.8, 4) is 5.75 Å². The molecule has 170 valence electrons. The molecule has 9 nitrogen and oxygen atoms in total. The summed E-state index contributed by atoms with van der Waals surface area (Å²) in [5.74, 6) is -0.531. The molecule has 0 spiro atoms. The van der Waals surface area contributed by atoms with Gasteiger partial charge in [-0.15, -0.1) is 10.1 Å². The summed E-state index contributed by atoms with van der Waals surface area (Å²) in [4.78, 5) is 12.5. The van der Waals surface area contributed by atoms with Crippen molar-refractivity contribution in [1.82, 2.24) is 9.55 Å². The number of imidazole rings is 1. The summed E-state index contributed by atoms with van der Waals surface area (Å²) in [5.41, 5.74) is 0.865. The van der Waals surface area contributed by atoms with Gasteiger partial charge in [0.15, 0.2) is 5.75 Å². The molecule has 0 amide bonds. The smallest absolute Gasteiger partial charge is 0.291 e. The zero-order chi connectivity index (χ0) is 23.1. The normalized spacial score (nSPS) is 19.8. The Kier molecular flexibility index (Phi) is 8.16. The minimum Gasteiger partial charge on any atom is -0.488 e. The van der Waals surface area contributed by atoms with Crippen LogP contribution in [0.4, 0.5) is 0 Å². The molecule has 3 aromatic rings. The Morgan fingerprint density at radius 2 is 1.88 bits per heavy atom. The topological polar surface area (TPSA) is 109 Å². The standard InChI is InChI=1S/C20H17Cl3N2O3.HNO3/c21-15-6-4-14(5-7-15)20(12-25-9-8-24-13-25)27-11-16(28-20)10-26-19-17(22)2-1-3-18(19)23;2-1(3)4/h1-9,13,16H,10-12H2;(H,2,3,4). The van der Waals surface area contributed by atoms with E-state index in [4.69, 9.17) is 64.3 Å². The SMILES string of the molecule is Clc1ccc(C2(Cn3ccnc3)OCC(COc3c(Cl)cccc3Cl)O2)cc1.O=[N+]([O-])O. The number of rotatable bonds is 6. The first-order valence-corrected chi connectivity index (χ1v) is 10.4. The van der Waals surface area contributed by atoms with Crippen LogP contribution in [0.2, 0.25) is 15.1 Å². The van der Waals surface area contributed by atoms with E-state index < -0.39 is 10.9 Å². The first-order chi connectivity index (χ1) is 15.3. The minimum absolute atomic E-state index is 0.253. The lowest BCUT2D eigenvalue weighted by molar-refractivity contribution is -0.742. The van der Waals surface area contributed by atoms with E-state index in [9.17, 15) is 0 Å². The number of hydrogen-bond acceptors (Lipinski definition) is 6. The molecule has 1 N–H and O–H groups in total. The lowest BCUT2D eigenvalue weighted by atomic mass is 10.1. The molecule has 1 aliphatic heterocycles. The molecule has 2 aromatic carbocycles. The maximum Gasteiger partial charge on any atom is 0.291 e. The Labute approximate surface area is 198 Å². The van der Waals surface area contributed by atoms with Crippen LogP contribution in [0, 0.1) is 10.1 Å². The van der Waals surface area contributed by atoms with E-state index in [-0.39, 0.29) is 12.7 Å². The molecule has 0 saturated carbocycles. The quantitative estimate of drug-likeness (QED) is 0.379. The zero-order valence-electron chi connectivity index (χ0n) is 16.4. The van der Waals surface area contributed by atoms with Crippen molar-refractivity contribution in [3.63, 3.8) is 0 Å². The van der Waals surface area contributed by atoms with Gasteiger partial charge in [0, 0.05) is 23.0 Å². The van der Waals surface area contributed by atoms with Crippen molar-refractivity contribution in [3.05, 3.63) is 91.9 Å². The van der Waals surface area contributed by atoms with Crippen molar-refractivity contribution in [1.29, 1.82) is 0 Å².